The first kappa shape index (κ1) is 32.4. The van der Waals surface area contributed by atoms with Gasteiger partial charge in [-0.15, -0.1) is 0 Å². The second-order valence-corrected chi connectivity index (χ2v) is 18.5. The predicted octanol–water partition coefficient (Wildman–Crippen LogP) is 11.8. The summed E-state index contributed by atoms with van der Waals surface area (Å²) < 4.78 is 6.68. The molecule has 0 bridgehead atoms. The van der Waals surface area contributed by atoms with Crippen molar-refractivity contribution in [2.45, 2.75) is 0 Å². The van der Waals surface area contributed by atoms with Gasteiger partial charge in [-0.05, 0) is 82.1 Å². The summed E-state index contributed by atoms with van der Waals surface area (Å²) in [6.45, 7) is 0. The first-order valence-electron chi connectivity index (χ1n) is 19.3. The monoisotopic (exact) mass is 728 g/mol. The van der Waals surface area contributed by atoms with Gasteiger partial charge in [-0.3, -0.25) is 0 Å². The van der Waals surface area contributed by atoms with Crippen molar-refractivity contribution in [2.24, 2.45) is 0 Å². The van der Waals surface area contributed by atoms with Gasteiger partial charge in [0.25, 0.3) is 0 Å². The predicted molar refractivity (Wildman–Crippen MR) is 241 cm³/mol. The van der Waals surface area contributed by atoms with Gasteiger partial charge < -0.3 is 4.42 Å². The van der Waals surface area contributed by atoms with Crippen LogP contribution in [0.5, 0.6) is 0 Å². The highest BCUT2D eigenvalue weighted by molar-refractivity contribution is 7.19. The molecule has 0 amide bonds. The Morgan fingerprint density at radius 1 is 0.304 bits per heavy atom. The Kier molecular flexibility index (Phi) is 7.58. The van der Waals surface area contributed by atoms with Crippen LogP contribution in [-0.2, 0) is 0 Å². The molecule has 56 heavy (non-hydrogen) atoms. The number of fused-ring (bicyclic) bond motifs is 7. The Bertz CT molecular complexity index is 3070. The molecule has 0 atom stereocenters. The van der Waals surface area contributed by atoms with Crippen molar-refractivity contribution in [1.29, 1.82) is 0 Å². The normalized spacial score (nSPS) is 11.9. The highest BCUT2D eigenvalue weighted by Crippen LogP contribution is 2.47. The van der Waals surface area contributed by atoms with E-state index in [2.05, 4.69) is 218 Å². The van der Waals surface area contributed by atoms with Crippen LogP contribution >= 0.6 is 0 Å². The van der Waals surface area contributed by atoms with Crippen LogP contribution in [0, 0.1) is 0 Å². The molecule has 0 fully saturated rings. The maximum absolute atomic E-state index is 6.68. The van der Waals surface area contributed by atoms with Crippen LogP contribution in [0.2, 0.25) is 0 Å². The average molecular weight is 729 g/mol. The molecule has 11 rings (SSSR count). The van der Waals surface area contributed by atoms with E-state index >= 15 is 0 Å². The molecule has 1 heterocycles. The summed E-state index contributed by atoms with van der Waals surface area (Å²) in [6.07, 6.45) is 0. The summed E-state index contributed by atoms with van der Waals surface area (Å²) >= 11 is 0. The first-order valence-corrected chi connectivity index (χ1v) is 21.3. The Labute approximate surface area is 326 Å². The number of hydrogen-bond donors (Lipinski definition) is 0. The summed E-state index contributed by atoms with van der Waals surface area (Å²) in [6, 6.07) is 80.4. The zero-order valence-electron chi connectivity index (χ0n) is 30.7. The second-order valence-electron chi connectivity index (χ2n) is 14.7. The maximum Gasteiger partial charge on any atom is 0.179 e. The molecular weight excluding hydrogens is 693 g/mol. The fraction of sp³-hybridized carbons (Fsp3) is 0. The van der Waals surface area contributed by atoms with Crippen molar-refractivity contribution in [2.75, 3.05) is 0 Å². The van der Waals surface area contributed by atoms with Gasteiger partial charge in [0.2, 0.25) is 0 Å². The Balaban J connectivity index is 1.16. The lowest BCUT2D eigenvalue weighted by Gasteiger charge is -2.34. The summed E-state index contributed by atoms with van der Waals surface area (Å²) in [5, 5.41) is 15.0. The van der Waals surface area contributed by atoms with Gasteiger partial charge >= 0.3 is 0 Å². The average Bonchev–Trinajstić information content (AvgIpc) is 3.67. The van der Waals surface area contributed by atoms with Crippen molar-refractivity contribution < 1.29 is 4.42 Å². The third-order valence-electron chi connectivity index (χ3n) is 11.8. The molecule has 0 saturated carbocycles. The Morgan fingerprint density at radius 2 is 0.768 bits per heavy atom. The molecule has 0 aliphatic heterocycles. The fourth-order valence-corrected chi connectivity index (χ4v) is 14.2. The third-order valence-corrected chi connectivity index (χ3v) is 16.6. The van der Waals surface area contributed by atoms with Crippen LogP contribution in [0.4, 0.5) is 0 Å². The third kappa shape index (κ3) is 4.86. The van der Waals surface area contributed by atoms with Crippen molar-refractivity contribution in [3.63, 3.8) is 0 Å². The van der Waals surface area contributed by atoms with Gasteiger partial charge in [0.15, 0.2) is 8.07 Å². The minimum absolute atomic E-state index is 0.907. The minimum atomic E-state index is -2.65. The standard InChI is InChI=1S/C54H36OSi/c1-4-18-39(19-5-1)56(40-20-6-2-7-21-40,41-22-8-3-9-23-41)42-34-31-38(32-35-42)51-44-25-12-14-27-46(44)52(47-28-15-13-26-45(47)51)48-29-16-30-50-53(48)49-36-33-37-17-10-11-24-43(37)54(49)55-50/h1-36H. The van der Waals surface area contributed by atoms with Gasteiger partial charge in [0.1, 0.15) is 11.2 Å². The van der Waals surface area contributed by atoms with E-state index in [1.807, 2.05) is 0 Å². The molecule has 262 valence electrons. The lowest BCUT2D eigenvalue weighted by molar-refractivity contribution is 0.673. The molecule has 10 aromatic carbocycles. The number of furan rings is 1. The van der Waals surface area contributed by atoms with Crippen LogP contribution in [0.1, 0.15) is 0 Å². The topological polar surface area (TPSA) is 13.1 Å². The zero-order valence-corrected chi connectivity index (χ0v) is 31.7. The molecule has 11 aromatic rings. The summed E-state index contributed by atoms with van der Waals surface area (Å²) in [5.41, 5.74) is 6.75. The van der Waals surface area contributed by atoms with E-state index in [-0.39, 0.29) is 0 Å². The SMILES string of the molecule is c1ccc([Si](c2ccccc2)(c2ccccc2)c2ccc(-c3c4ccccc4c(-c4cccc5oc6c7ccccc7ccc6c45)c4ccccc34)cc2)cc1. The summed E-state index contributed by atoms with van der Waals surface area (Å²) in [4.78, 5) is 0. The number of hydrogen-bond acceptors (Lipinski definition) is 1. The van der Waals surface area contributed by atoms with Gasteiger partial charge in [0, 0.05) is 16.2 Å². The van der Waals surface area contributed by atoms with Crippen LogP contribution in [0.3, 0.4) is 0 Å². The van der Waals surface area contributed by atoms with Crippen molar-refractivity contribution in [3.05, 3.63) is 218 Å². The van der Waals surface area contributed by atoms with Crippen LogP contribution in [0.25, 0.3) is 76.5 Å². The van der Waals surface area contributed by atoms with E-state index in [0.29, 0.717) is 0 Å². The van der Waals surface area contributed by atoms with Crippen molar-refractivity contribution >= 4 is 83.1 Å². The molecule has 0 aliphatic carbocycles. The molecule has 0 radical (unpaired) electrons. The quantitative estimate of drug-likeness (QED) is 0.0944. The first-order chi connectivity index (χ1) is 27.8. The van der Waals surface area contributed by atoms with Crippen molar-refractivity contribution in [1.82, 2.24) is 0 Å². The lowest BCUT2D eigenvalue weighted by atomic mass is 9.85. The van der Waals surface area contributed by atoms with E-state index in [9.17, 15) is 0 Å². The lowest BCUT2D eigenvalue weighted by Crippen LogP contribution is -2.74. The largest absolute Gasteiger partial charge is 0.455 e. The van der Waals surface area contributed by atoms with Gasteiger partial charge in [-0.25, -0.2) is 0 Å². The molecule has 0 unspecified atom stereocenters. The molecular formula is C54H36OSi. The molecule has 2 heteroatoms. The zero-order chi connectivity index (χ0) is 37.1. The van der Waals surface area contributed by atoms with E-state index < -0.39 is 8.07 Å². The van der Waals surface area contributed by atoms with Gasteiger partial charge in [0.05, 0.1) is 0 Å². The van der Waals surface area contributed by atoms with Crippen molar-refractivity contribution in [3.8, 4) is 22.3 Å². The Morgan fingerprint density at radius 3 is 1.32 bits per heavy atom. The summed E-state index contributed by atoms with van der Waals surface area (Å²) in [7, 11) is -2.65. The fourth-order valence-electron chi connectivity index (χ4n) is 9.44. The maximum atomic E-state index is 6.68. The minimum Gasteiger partial charge on any atom is -0.455 e. The van der Waals surface area contributed by atoms with Crippen LogP contribution in [-0.4, -0.2) is 8.07 Å². The van der Waals surface area contributed by atoms with Gasteiger partial charge in [-0.1, -0.05) is 206 Å². The van der Waals surface area contributed by atoms with E-state index in [1.54, 1.807) is 0 Å². The molecule has 0 N–H and O–H groups in total. The molecule has 0 aliphatic rings. The van der Waals surface area contributed by atoms with Gasteiger partial charge in [-0.2, -0.15) is 0 Å². The van der Waals surface area contributed by atoms with Crippen LogP contribution in [0.15, 0.2) is 223 Å². The molecule has 1 nitrogen and oxygen atoms in total. The Hall–Kier alpha value is -7.00. The smallest absolute Gasteiger partial charge is 0.179 e. The molecule has 0 saturated heterocycles. The number of rotatable bonds is 6. The van der Waals surface area contributed by atoms with E-state index in [4.69, 9.17) is 4.42 Å². The molecule has 1 aromatic heterocycles. The summed E-state index contributed by atoms with van der Waals surface area (Å²) in [5.74, 6) is 0. The second kappa shape index (κ2) is 13.1. The molecule has 0 spiro atoms. The van der Waals surface area contributed by atoms with E-state index in [0.717, 1.165) is 27.3 Å². The number of benzene rings is 10. The highest BCUT2D eigenvalue weighted by Gasteiger charge is 2.41. The van der Waals surface area contributed by atoms with E-state index in [1.165, 1.54) is 69.9 Å². The highest BCUT2D eigenvalue weighted by atomic mass is 28.3. The van der Waals surface area contributed by atoms with Crippen LogP contribution < -0.4 is 20.7 Å².